The number of nitrogens with one attached hydrogen (secondary N) is 3. The Hall–Kier alpha value is -3.02. The lowest BCUT2D eigenvalue weighted by atomic mass is 10.2. The quantitative estimate of drug-likeness (QED) is 0.403. The van der Waals surface area contributed by atoms with Gasteiger partial charge in [0.25, 0.3) is 5.56 Å². The zero-order valence-corrected chi connectivity index (χ0v) is 14.4. The maximum atomic E-state index is 12.2. The lowest BCUT2D eigenvalue weighted by Crippen LogP contribution is -2.16. The Morgan fingerprint density at radius 3 is 2.77 bits per heavy atom. The minimum absolute atomic E-state index is 0.0590. The molecule has 0 atom stereocenters. The van der Waals surface area contributed by atoms with E-state index in [9.17, 15) is 13.2 Å². The molecule has 0 aliphatic rings. The minimum atomic E-state index is -3.86. The van der Waals surface area contributed by atoms with Gasteiger partial charge in [-0.2, -0.15) is 0 Å². The van der Waals surface area contributed by atoms with Crippen molar-refractivity contribution in [1.29, 1.82) is 0 Å². The van der Waals surface area contributed by atoms with Gasteiger partial charge in [-0.15, -0.1) is 0 Å². The SMILES string of the molecule is NCCNc1cc2nc[nH]c(=O)c2c(Nc2cccc(S(N)(=O)=O)c2)n1. The molecule has 0 aliphatic heterocycles. The van der Waals surface area contributed by atoms with Crippen molar-refractivity contribution < 1.29 is 8.42 Å². The van der Waals surface area contributed by atoms with Crippen molar-refractivity contribution in [3.05, 3.63) is 47.0 Å². The van der Waals surface area contributed by atoms with E-state index in [1.807, 2.05) is 0 Å². The number of fused-ring (bicyclic) bond motifs is 1. The van der Waals surface area contributed by atoms with Crippen LogP contribution in [0.4, 0.5) is 17.3 Å². The average molecular weight is 375 g/mol. The zero-order chi connectivity index (χ0) is 18.7. The highest BCUT2D eigenvalue weighted by molar-refractivity contribution is 7.89. The third-order valence-electron chi connectivity index (χ3n) is 3.50. The highest BCUT2D eigenvalue weighted by Crippen LogP contribution is 2.24. The molecule has 1 aromatic carbocycles. The molecule has 0 bridgehead atoms. The highest BCUT2D eigenvalue weighted by Gasteiger charge is 2.13. The standard InChI is InChI=1S/C15H17N7O3S/c16-4-5-18-12-7-11-13(15(23)20-8-19-11)14(22-12)21-9-2-1-3-10(6-9)26(17,24)25/h1-3,6-8H,4-5,16H2,(H2,17,24,25)(H2,18,21,22)(H,19,20,23). The van der Waals surface area contributed by atoms with Gasteiger partial charge >= 0.3 is 0 Å². The molecule has 7 N–H and O–H groups in total. The van der Waals surface area contributed by atoms with Crippen molar-refractivity contribution in [3.8, 4) is 0 Å². The maximum Gasteiger partial charge on any atom is 0.262 e. The van der Waals surface area contributed by atoms with Crippen molar-refractivity contribution in [3.63, 3.8) is 0 Å². The fourth-order valence-corrected chi connectivity index (χ4v) is 2.92. The van der Waals surface area contributed by atoms with Crippen molar-refractivity contribution in [2.24, 2.45) is 10.9 Å². The summed E-state index contributed by atoms with van der Waals surface area (Å²) in [5.74, 6) is 0.703. The van der Waals surface area contributed by atoms with Gasteiger partial charge in [0.1, 0.15) is 17.0 Å². The van der Waals surface area contributed by atoms with Crippen molar-refractivity contribution in [1.82, 2.24) is 15.0 Å². The van der Waals surface area contributed by atoms with Gasteiger partial charge in [-0.05, 0) is 18.2 Å². The number of H-pyrrole nitrogens is 1. The van der Waals surface area contributed by atoms with Gasteiger partial charge in [0.15, 0.2) is 0 Å². The molecule has 136 valence electrons. The van der Waals surface area contributed by atoms with Gasteiger partial charge in [0.05, 0.1) is 16.7 Å². The molecule has 10 nitrogen and oxygen atoms in total. The summed E-state index contributed by atoms with van der Waals surface area (Å²) in [5.41, 5.74) is 5.94. The summed E-state index contributed by atoms with van der Waals surface area (Å²) in [6, 6.07) is 7.52. The average Bonchev–Trinajstić information content (AvgIpc) is 2.59. The molecule has 11 heteroatoms. The lowest BCUT2D eigenvalue weighted by molar-refractivity contribution is 0.598. The molecule has 2 aromatic heterocycles. The summed E-state index contributed by atoms with van der Waals surface area (Å²) in [4.78, 5) is 23.2. The van der Waals surface area contributed by atoms with Crippen LogP contribution < -0.4 is 27.1 Å². The number of benzene rings is 1. The predicted octanol–water partition coefficient (Wildman–Crippen LogP) is 0.0797. The number of nitrogens with two attached hydrogens (primary N) is 2. The molecule has 0 saturated carbocycles. The molecular weight excluding hydrogens is 358 g/mol. The summed E-state index contributed by atoms with van der Waals surface area (Å²) in [5, 5.41) is 11.4. The van der Waals surface area contributed by atoms with Crippen LogP contribution in [-0.4, -0.2) is 36.5 Å². The van der Waals surface area contributed by atoms with E-state index in [2.05, 4.69) is 25.6 Å². The number of hydrogen-bond donors (Lipinski definition) is 5. The fourth-order valence-electron chi connectivity index (χ4n) is 2.36. The van der Waals surface area contributed by atoms with Crippen molar-refractivity contribution in [2.45, 2.75) is 4.90 Å². The number of aromatic amines is 1. The van der Waals surface area contributed by atoms with E-state index in [0.29, 0.717) is 30.1 Å². The summed E-state index contributed by atoms with van der Waals surface area (Å²) in [7, 11) is -3.86. The van der Waals surface area contributed by atoms with Gasteiger partial charge in [-0.3, -0.25) is 4.79 Å². The minimum Gasteiger partial charge on any atom is -0.369 e. The van der Waals surface area contributed by atoms with Gasteiger partial charge < -0.3 is 21.4 Å². The van der Waals surface area contributed by atoms with Crippen LogP contribution in [0.1, 0.15) is 0 Å². The van der Waals surface area contributed by atoms with Crippen LogP contribution in [0.3, 0.4) is 0 Å². The molecule has 0 radical (unpaired) electrons. The van der Waals surface area contributed by atoms with Crippen LogP contribution in [-0.2, 0) is 10.0 Å². The number of nitrogens with zero attached hydrogens (tertiary/aromatic N) is 2. The molecule has 2 heterocycles. The van der Waals surface area contributed by atoms with E-state index in [1.165, 1.54) is 24.5 Å². The van der Waals surface area contributed by atoms with Gasteiger partial charge in [0.2, 0.25) is 10.0 Å². The second-order valence-corrected chi connectivity index (χ2v) is 6.96. The first-order valence-corrected chi connectivity index (χ1v) is 9.15. The van der Waals surface area contributed by atoms with E-state index in [0.717, 1.165) is 0 Å². The Balaban J connectivity index is 2.10. The molecule has 0 aliphatic carbocycles. The molecule has 0 spiro atoms. The normalized spacial score (nSPS) is 11.5. The first-order valence-electron chi connectivity index (χ1n) is 7.61. The Morgan fingerprint density at radius 1 is 1.23 bits per heavy atom. The third-order valence-corrected chi connectivity index (χ3v) is 4.41. The zero-order valence-electron chi connectivity index (χ0n) is 13.6. The van der Waals surface area contributed by atoms with Crippen LogP contribution in [0.15, 0.2) is 46.3 Å². The smallest absolute Gasteiger partial charge is 0.262 e. The number of aromatic nitrogens is 3. The summed E-state index contributed by atoms with van der Waals surface area (Å²) < 4.78 is 23.0. The highest BCUT2D eigenvalue weighted by atomic mass is 32.2. The first-order chi connectivity index (χ1) is 12.4. The topological polar surface area (TPSA) is 169 Å². The van der Waals surface area contributed by atoms with Gasteiger partial charge in [0, 0.05) is 24.8 Å². The van der Waals surface area contributed by atoms with Crippen LogP contribution in [0.5, 0.6) is 0 Å². The Labute approximate surface area is 148 Å². The molecule has 0 unspecified atom stereocenters. The largest absolute Gasteiger partial charge is 0.369 e. The second-order valence-electron chi connectivity index (χ2n) is 5.40. The number of primary sulfonamides is 1. The molecule has 0 amide bonds. The van der Waals surface area contributed by atoms with Crippen molar-refractivity contribution in [2.75, 3.05) is 23.7 Å². The van der Waals surface area contributed by atoms with E-state index in [-0.39, 0.29) is 21.7 Å². The van der Waals surface area contributed by atoms with E-state index in [1.54, 1.807) is 12.1 Å². The summed E-state index contributed by atoms with van der Waals surface area (Å²) in [6.07, 6.45) is 1.29. The number of pyridine rings is 1. The molecular formula is C15H17N7O3S. The molecule has 26 heavy (non-hydrogen) atoms. The number of anilines is 3. The third kappa shape index (κ3) is 3.79. The van der Waals surface area contributed by atoms with E-state index in [4.69, 9.17) is 10.9 Å². The summed E-state index contributed by atoms with van der Waals surface area (Å²) in [6.45, 7) is 0.893. The van der Waals surface area contributed by atoms with Gasteiger partial charge in [-0.25, -0.2) is 23.5 Å². The van der Waals surface area contributed by atoms with E-state index >= 15 is 0 Å². The number of rotatable bonds is 6. The monoisotopic (exact) mass is 375 g/mol. The van der Waals surface area contributed by atoms with E-state index < -0.39 is 10.0 Å². The molecule has 0 fully saturated rings. The fraction of sp³-hybridized carbons (Fsp3) is 0.133. The predicted molar refractivity (Wildman–Crippen MR) is 98.8 cm³/mol. The van der Waals surface area contributed by atoms with Crippen LogP contribution in [0.25, 0.3) is 10.9 Å². The number of sulfonamides is 1. The molecule has 0 saturated heterocycles. The van der Waals surface area contributed by atoms with Gasteiger partial charge in [-0.1, -0.05) is 6.07 Å². The summed E-state index contributed by atoms with van der Waals surface area (Å²) >= 11 is 0. The first kappa shape index (κ1) is 17.8. The Morgan fingerprint density at radius 2 is 2.04 bits per heavy atom. The van der Waals surface area contributed by atoms with Crippen molar-refractivity contribution >= 4 is 38.2 Å². The lowest BCUT2D eigenvalue weighted by Gasteiger charge is -2.12. The Kier molecular flexibility index (Phi) is 4.84. The van der Waals surface area contributed by atoms with Crippen LogP contribution in [0, 0.1) is 0 Å². The molecule has 3 aromatic rings. The Bertz CT molecular complexity index is 1110. The number of hydrogen-bond acceptors (Lipinski definition) is 8. The van der Waals surface area contributed by atoms with Crippen LogP contribution in [0.2, 0.25) is 0 Å². The molecule has 3 rings (SSSR count). The second kappa shape index (κ2) is 7.07. The maximum absolute atomic E-state index is 12.2. The van der Waals surface area contributed by atoms with Crippen LogP contribution >= 0.6 is 0 Å².